The predicted octanol–water partition coefficient (Wildman–Crippen LogP) is 1.82. The number of hydrogen-bond acceptors (Lipinski definition) is 3. The minimum atomic E-state index is 0.439. The molecule has 14 heavy (non-hydrogen) atoms. The number of nitrogens with zero attached hydrogens (tertiary/aromatic N) is 2. The number of likely N-dealkylation sites (tertiary alicyclic amines) is 1. The van der Waals surface area contributed by atoms with Crippen LogP contribution in [0.2, 0.25) is 5.15 Å². The van der Waals surface area contributed by atoms with Gasteiger partial charge in [-0.3, -0.25) is 4.90 Å². The SMILES string of the molecule is CN1CC[C@H]1COc1cccnc1Cl. The molecular weight excluding hydrogens is 200 g/mol. The summed E-state index contributed by atoms with van der Waals surface area (Å²) in [6.45, 7) is 1.86. The number of pyridine rings is 1. The van der Waals surface area contributed by atoms with Crippen LogP contribution in [0, 0.1) is 0 Å². The average molecular weight is 213 g/mol. The first-order valence-electron chi connectivity index (χ1n) is 4.71. The molecule has 1 fully saturated rings. The van der Waals surface area contributed by atoms with Gasteiger partial charge in [-0.15, -0.1) is 0 Å². The lowest BCUT2D eigenvalue weighted by Gasteiger charge is -2.37. The van der Waals surface area contributed by atoms with Crippen molar-refractivity contribution in [1.82, 2.24) is 9.88 Å². The zero-order chi connectivity index (χ0) is 9.97. The normalized spacial score (nSPS) is 21.7. The van der Waals surface area contributed by atoms with Gasteiger partial charge in [0.05, 0.1) is 0 Å². The summed E-state index contributed by atoms with van der Waals surface area (Å²) in [4.78, 5) is 6.21. The van der Waals surface area contributed by atoms with Crippen molar-refractivity contribution in [1.29, 1.82) is 0 Å². The third-order valence-corrected chi connectivity index (χ3v) is 2.88. The maximum atomic E-state index is 5.86. The topological polar surface area (TPSA) is 25.4 Å². The highest BCUT2D eigenvalue weighted by molar-refractivity contribution is 6.30. The molecule has 1 aliphatic heterocycles. The first-order valence-corrected chi connectivity index (χ1v) is 5.09. The number of ether oxygens (including phenoxy) is 1. The van der Waals surface area contributed by atoms with E-state index in [0.717, 1.165) is 6.54 Å². The Hall–Kier alpha value is -0.800. The third-order valence-electron chi connectivity index (χ3n) is 2.59. The molecule has 0 aliphatic carbocycles. The summed E-state index contributed by atoms with van der Waals surface area (Å²) in [5.41, 5.74) is 0. The van der Waals surface area contributed by atoms with E-state index in [-0.39, 0.29) is 0 Å². The van der Waals surface area contributed by atoms with Gasteiger partial charge < -0.3 is 4.74 Å². The second kappa shape index (κ2) is 4.15. The Morgan fingerprint density at radius 1 is 1.71 bits per heavy atom. The monoisotopic (exact) mass is 212 g/mol. The van der Waals surface area contributed by atoms with Crippen molar-refractivity contribution in [3.8, 4) is 5.75 Å². The first kappa shape index (κ1) is 9.74. The molecule has 0 bridgehead atoms. The summed E-state index contributed by atoms with van der Waals surface area (Å²) in [6.07, 6.45) is 2.86. The molecule has 0 N–H and O–H groups in total. The third kappa shape index (κ3) is 1.99. The van der Waals surface area contributed by atoms with Crippen LogP contribution < -0.4 is 4.74 Å². The van der Waals surface area contributed by atoms with Crippen LogP contribution in [0.1, 0.15) is 6.42 Å². The summed E-state index contributed by atoms with van der Waals surface area (Å²) in [5.74, 6) is 0.675. The largest absolute Gasteiger partial charge is 0.489 e. The smallest absolute Gasteiger partial charge is 0.171 e. The van der Waals surface area contributed by atoms with Gasteiger partial charge >= 0.3 is 0 Å². The van der Waals surface area contributed by atoms with E-state index in [1.165, 1.54) is 6.42 Å². The van der Waals surface area contributed by atoms with E-state index in [0.29, 0.717) is 23.6 Å². The highest BCUT2D eigenvalue weighted by Gasteiger charge is 2.24. The van der Waals surface area contributed by atoms with Crippen molar-refractivity contribution in [2.24, 2.45) is 0 Å². The van der Waals surface area contributed by atoms with E-state index in [1.54, 1.807) is 6.20 Å². The Morgan fingerprint density at radius 3 is 3.14 bits per heavy atom. The number of likely N-dealkylation sites (N-methyl/N-ethyl adjacent to an activating group) is 1. The van der Waals surface area contributed by atoms with Gasteiger partial charge in [-0.25, -0.2) is 4.98 Å². The molecule has 3 nitrogen and oxygen atoms in total. The van der Waals surface area contributed by atoms with E-state index < -0.39 is 0 Å². The molecule has 1 saturated heterocycles. The molecule has 2 heterocycles. The quantitative estimate of drug-likeness (QED) is 0.715. The molecule has 4 heteroatoms. The second-order valence-electron chi connectivity index (χ2n) is 3.53. The molecule has 1 aromatic heterocycles. The number of halogens is 1. The summed E-state index contributed by atoms with van der Waals surface area (Å²) >= 11 is 5.86. The molecule has 0 unspecified atom stereocenters. The first-order chi connectivity index (χ1) is 6.77. The van der Waals surface area contributed by atoms with Crippen LogP contribution in [0.25, 0.3) is 0 Å². The van der Waals surface area contributed by atoms with Crippen LogP contribution in [0.3, 0.4) is 0 Å². The van der Waals surface area contributed by atoms with Crippen molar-refractivity contribution in [3.05, 3.63) is 23.5 Å². The highest BCUT2D eigenvalue weighted by Crippen LogP contribution is 2.22. The zero-order valence-corrected chi connectivity index (χ0v) is 8.87. The lowest BCUT2D eigenvalue weighted by molar-refractivity contribution is 0.0768. The molecule has 0 saturated carbocycles. The fourth-order valence-electron chi connectivity index (χ4n) is 1.45. The molecule has 1 aliphatic rings. The molecule has 0 amide bonds. The highest BCUT2D eigenvalue weighted by atomic mass is 35.5. The van der Waals surface area contributed by atoms with Gasteiger partial charge in [0.15, 0.2) is 10.9 Å². The van der Waals surface area contributed by atoms with Crippen molar-refractivity contribution in [2.45, 2.75) is 12.5 Å². The number of hydrogen-bond donors (Lipinski definition) is 0. The second-order valence-corrected chi connectivity index (χ2v) is 3.88. The fraction of sp³-hybridized carbons (Fsp3) is 0.500. The lowest BCUT2D eigenvalue weighted by Crippen LogP contribution is -2.48. The van der Waals surface area contributed by atoms with Gasteiger partial charge in [0.1, 0.15) is 6.61 Å². The number of rotatable bonds is 3. The number of aromatic nitrogens is 1. The van der Waals surface area contributed by atoms with Gasteiger partial charge in [0.25, 0.3) is 0 Å². The Bertz CT molecular complexity index is 319. The maximum Gasteiger partial charge on any atom is 0.171 e. The van der Waals surface area contributed by atoms with Crippen molar-refractivity contribution < 1.29 is 4.74 Å². The molecule has 0 spiro atoms. The fourth-order valence-corrected chi connectivity index (χ4v) is 1.62. The van der Waals surface area contributed by atoms with E-state index in [4.69, 9.17) is 16.3 Å². The summed E-state index contributed by atoms with van der Waals surface area (Å²) < 4.78 is 5.58. The molecule has 1 atom stereocenters. The van der Waals surface area contributed by atoms with E-state index in [9.17, 15) is 0 Å². The van der Waals surface area contributed by atoms with Crippen LogP contribution >= 0.6 is 11.6 Å². The van der Waals surface area contributed by atoms with Crippen LogP contribution in [-0.4, -0.2) is 36.1 Å². The van der Waals surface area contributed by atoms with Crippen molar-refractivity contribution in [2.75, 3.05) is 20.2 Å². The Labute approximate surface area is 88.6 Å². The van der Waals surface area contributed by atoms with E-state index in [2.05, 4.69) is 16.9 Å². The predicted molar refractivity (Wildman–Crippen MR) is 55.8 cm³/mol. The van der Waals surface area contributed by atoms with Gasteiger partial charge in [-0.1, -0.05) is 11.6 Å². The molecule has 1 aromatic rings. The summed E-state index contributed by atoms with van der Waals surface area (Å²) in [5, 5.41) is 0.439. The van der Waals surface area contributed by atoms with E-state index >= 15 is 0 Å². The minimum Gasteiger partial charge on any atom is -0.489 e. The van der Waals surface area contributed by atoms with Crippen LogP contribution in [0.5, 0.6) is 5.75 Å². The summed E-state index contributed by atoms with van der Waals surface area (Å²) in [7, 11) is 2.10. The molecular formula is C10H13ClN2O. The standard InChI is InChI=1S/C10H13ClN2O/c1-13-6-4-8(13)7-14-9-3-2-5-12-10(9)11/h2-3,5,8H,4,6-7H2,1H3/t8-/m0/s1. The van der Waals surface area contributed by atoms with Gasteiger partial charge in [-0.2, -0.15) is 0 Å². The van der Waals surface area contributed by atoms with Crippen molar-refractivity contribution >= 4 is 11.6 Å². The van der Waals surface area contributed by atoms with Crippen LogP contribution in [0.15, 0.2) is 18.3 Å². The van der Waals surface area contributed by atoms with Crippen molar-refractivity contribution in [3.63, 3.8) is 0 Å². The zero-order valence-electron chi connectivity index (χ0n) is 8.11. The van der Waals surface area contributed by atoms with Gasteiger partial charge in [0, 0.05) is 12.2 Å². The molecule has 0 radical (unpaired) electrons. The molecule has 2 rings (SSSR count). The van der Waals surface area contributed by atoms with Crippen LogP contribution in [-0.2, 0) is 0 Å². The minimum absolute atomic E-state index is 0.439. The van der Waals surface area contributed by atoms with E-state index in [1.807, 2.05) is 12.1 Å². The molecule has 76 valence electrons. The maximum absolute atomic E-state index is 5.86. The van der Waals surface area contributed by atoms with Gasteiger partial charge in [0.2, 0.25) is 0 Å². The van der Waals surface area contributed by atoms with Crippen LogP contribution in [0.4, 0.5) is 0 Å². The Balaban J connectivity index is 1.88. The summed E-state index contributed by atoms with van der Waals surface area (Å²) in [6, 6.07) is 4.20. The Kier molecular flexibility index (Phi) is 2.89. The lowest BCUT2D eigenvalue weighted by atomic mass is 10.1. The van der Waals surface area contributed by atoms with Gasteiger partial charge in [-0.05, 0) is 32.1 Å². The average Bonchev–Trinajstić information content (AvgIpc) is 2.19. The Morgan fingerprint density at radius 2 is 2.57 bits per heavy atom. The molecule has 0 aromatic carbocycles.